The third-order valence-electron chi connectivity index (χ3n) is 4.80. The molecule has 5 nitrogen and oxygen atoms in total. The number of H-pyrrole nitrogens is 1. The summed E-state index contributed by atoms with van der Waals surface area (Å²) in [6.45, 7) is 0. The van der Waals surface area contributed by atoms with E-state index in [0.29, 0.717) is 40.2 Å². The molecule has 0 aliphatic heterocycles. The van der Waals surface area contributed by atoms with Gasteiger partial charge in [-0.1, -0.05) is 12.1 Å². The van der Waals surface area contributed by atoms with Crippen LogP contribution in [0.15, 0.2) is 73.3 Å². The van der Waals surface area contributed by atoms with Gasteiger partial charge in [-0.2, -0.15) is 0 Å². The Hall–Kier alpha value is -4.00. The molecule has 0 fully saturated rings. The van der Waals surface area contributed by atoms with E-state index in [9.17, 15) is 8.78 Å². The molecule has 0 aliphatic carbocycles. The minimum atomic E-state index is -0.435. The molecule has 146 valence electrons. The van der Waals surface area contributed by atoms with Gasteiger partial charge in [-0.05, 0) is 42.0 Å². The largest absolute Gasteiger partial charge is 0.340 e. The number of nitrogens with zero attached hydrogens (tertiary/aromatic N) is 4. The third-order valence-corrected chi connectivity index (χ3v) is 4.80. The summed E-state index contributed by atoms with van der Waals surface area (Å²) in [6, 6.07) is 13.4. The van der Waals surface area contributed by atoms with Crippen molar-refractivity contribution in [3.8, 4) is 22.4 Å². The average Bonchev–Trinajstić information content (AvgIpc) is 3.17. The fourth-order valence-corrected chi connectivity index (χ4v) is 3.39. The lowest BCUT2D eigenvalue weighted by Gasteiger charge is -2.09. The Balaban J connectivity index is 1.65. The second kappa shape index (κ2) is 7.44. The van der Waals surface area contributed by atoms with Crippen molar-refractivity contribution in [3.05, 3.63) is 96.3 Å². The van der Waals surface area contributed by atoms with Gasteiger partial charge in [0, 0.05) is 41.7 Å². The van der Waals surface area contributed by atoms with Crippen LogP contribution in [0, 0.1) is 11.6 Å². The molecule has 0 bridgehead atoms. The zero-order valence-electron chi connectivity index (χ0n) is 15.7. The molecule has 5 rings (SSSR count). The van der Waals surface area contributed by atoms with Crippen LogP contribution in [0.4, 0.5) is 8.78 Å². The highest BCUT2D eigenvalue weighted by Crippen LogP contribution is 2.33. The minimum absolute atomic E-state index is 0.282. The molecular weight excluding hydrogens is 384 g/mol. The van der Waals surface area contributed by atoms with Crippen molar-refractivity contribution in [2.24, 2.45) is 0 Å². The van der Waals surface area contributed by atoms with Crippen molar-refractivity contribution in [1.82, 2.24) is 24.9 Å². The van der Waals surface area contributed by atoms with E-state index in [4.69, 9.17) is 4.98 Å². The molecule has 5 aromatic rings. The van der Waals surface area contributed by atoms with Gasteiger partial charge in [0.1, 0.15) is 17.5 Å². The summed E-state index contributed by atoms with van der Waals surface area (Å²) in [7, 11) is 0. The van der Waals surface area contributed by atoms with Crippen molar-refractivity contribution in [1.29, 1.82) is 0 Å². The highest BCUT2D eigenvalue weighted by atomic mass is 19.1. The average molecular weight is 399 g/mol. The summed E-state index contributed by atoms with van der Waals surface area (Å²) < 4.78 is 27.7. The number of pyridine rings is 3. The fourth-order valence-electron chi connectivity index (χ4n) is 3.39. The van der Waals surface area contributed by atoms with Gasteiger partial charge in [0.2, 0.25) is 0 Å². The molecule has 0 saturated heterocycles. The molecule has 30 heavy (non-hydrogen) atoms. The van der Waals surface area contributed by atoms with E-state index in [1.807, 2.05) is 12.1 Å². The van der Waals surface area contributed by atoms with Gasteiger partial charge in [-0.15, -0.1) is 0 Å². The first-order valence-corrected chi connectivity index (χ1v) is 9.32. The maximum Gasteiger partial charge on any atom is 0.178 e. The molecule has 0 saturated carbocycles. The summed E-state index contributed by atoms with van der Waals surface area (Å²) in [4.78, 5) is 20.5. The van der Waals surface area contributed by atoms with Gasteiger partial charge < -0.3 is 4.98 Å². The summed E-state index contributed by atoms with van der Waals surface area (Å²) in [5.74, 6) is -0.0291. The van der Waals surface area contributed by atoms with Crippen LogP contribution in [0.5, 0.6) is 0 Å². The Kier molecular flexibility index (Phi) is 4.48. The lowest BCUT2D eigenvalue weighted by molar-refractivity contribution is 0.625. The number of fused-ring (bicyclic) bond motifs is 1. The van der Waals surface area contributed by atoms with Crippen molar-refractivity contribution in [2.75, 3.05) is 0 Å². The van der Waals surface area contributed by atoms with Crippen LogP contribution in [0.1, 0.15) is 11.4 Å². The van der Waals surface area contributed by atoms with E-state index in [-0.39, 0.29) is 5.82 Å². The molecular formula is C23H15F2N5. The van der Waals surface area contributed by atoms with Gasteiger partial charge in [0.25, 0.3) is 0 Å². The monoisotopic (exact) mass is 399 g/mol. The fraction of sp³-hybridized carbons (Fsp3) is 0.0435. The van der Waals surface area contributed by atoms with Crippen molar-refractivity contribution >= 4 is 11.2 Å². The highest BCUT2D eigenvalue weighted by Gasteiger charge is 2.17. The van der Waals surface area contributed by atoms with Crippen LogP contribution in [0.2, 0.25) is 0 Å². The van der Waals surface area contributed by atoms with Gasteiger partial charge >= 0.3 is 0 Å². The highest BCUT2D eigenvalue weighted by molar-refractivity contribution is 5.88. The molecule has 0 radical (unpaired) electrons. The predicted octanol–water partition coefficient (Wildman–Crippen LogP) is 4.95. The second-order valence-electron chi connectivity index (χ2n) is 6.84. The summed E-state index contributed by atoms with van der Waals surface area (Å²) in [5, 5.41) is 0. The van der Waals surface area contributed by atoms with E-state index in [1.165, 1.54) is 18.3 Å². The number of nitrogens with one attached hydrogen (secondary N) is 1. The van der Waals surface area contributed by atoms with E-state index in [0.717, 1.165) is 11.1 Å². The maximum atomic E-state index is 14.5. The number of aromatic amines is 1. The van der Waals surface area contributed by atoms with Gasteiger partial charge in [-0.3, -0.25) is 9.97 Å². The minimum Gasteiger partial charge on any atom is -0.340 e. The molecule has 1 aromatic carbocycles. The van der Waals surface area contributed by atoms with Crippen LogP contribution < -0.4 is 0 Å². The summed E-state index contributed by atoms with van der Waals surface area (Å²) >= 11 is 0. The Bertz CT molecular complexity index is 1330. The standard InChI is InChI=1S/C23H15F2N5/c24-16-5-3-14(4-6-16)10-21-28-20-11-18(17-7-9-27-13-19(17)25)22(30-23(20)29-21)15-2-1-8-26-12-15/h1-9,11-13H,10H2,(H,28,29,30). The van der Waals surface area contributed by atoms with Gasteiger partial charge in [0.05, 0.1) is 17.4 Å². The molecule has 0 aliphatic rings. The smallest absolute Gasteiger partial charge is 0.178 e. The topological polar surface area (TPSA) is 67.3 Å². The van der Waals surface area contributed by atoms with Crippen molar-refractivity contribution in [2.45, 2.75) is 6.42 Å². The number of rotatable bonds is 4. The molecule has 7 heteroatoms. The van der Waals surface area contributed by atoms with E-state index >= 15 is 0 Å². The Morgan fingerprint density at radius 3 is 2.43 bits per heavy atom. The number of hydrogen-bond acceptors (Lipinski definition) is 4. The SMILES string of the molecule is Fc1ccc(Cc2nc3nc(-c4cccnc4)c(-c4ccncc4F)cc3[nH]2)cc1. The number of hydrogen-bond donors (Lipinski definition) is 1. The Morgan fingerprint density at radius 1 is 0.833 bits per heavy atom. The lowest BCUT2D eigenvalue weighted by Crippen LogP contribution is -1.94. The van der Waals surface area contributed by atoms with Crippen molar-refractivity contribution in [3.63, 3.8) is 0 Å². The molecule has 0 atom stereocenters. The number of imidazole rings is 1. The van der Waals surface area contributed by atoms with Crippen LogP contribution in [-0.2, 0) is 6.42 Å². The first-order chi connectivity index (χ1) is 14.7. The lowest BCUT2D eigenvalue weighted by atomic mass is 10.0. The van der Waals surface area contributed by atoms with E-state index < -0.39 is 5.82 Å². The number of halogens is 2. The maximum absolute atomic E-state index is 14.5. The van der Waals surface area contributed by atoms with Gasteiger partial charge in [0.15, 0.2) is 5.65 Å². The van der Waals surface area contributed by atoms with Crippen LogP contribution in [-0.4, -0.2) is 24.9 Å². The van der Waals surface area contributed by atoms with E-state index in [2.05, 4.69) is 19.9 Å². The molecule has 0 spiro atoms. The molecule has 1 N–H and O–H groups in total. The normalized spacial score (nSPS) is 11.1. The second-order valence-corrected chi connectivity index (χ2v) is 6.84. The Morgan fingerprint density at radius 2 is 1.67 bits per heavy atom. The molecule has 4 aromatic heterocycles. The van der Waals surface area contributed by atoms with Crippen LogP contribution >= 0.6 is 0 Å². The summed E-state index contributed by atoms with van der Waals surface area (Å²) in [6.07, 6.45) is 6.58. The van der Waals surface area contributed by atoms with Crippen LogP contribution in [0.25, 0.3) is 33.5 Å². The van der Waals surface area contributed by atoms with E-state index in [1.54, 1.807) is 42.9 Å². The number of benzene rings is 1. The Labute approximate surface area is 170 Å². The quantitative estimate of drug-likeness (QED) is 0.464. The zero-order valence-corrected chi connectivity index (χ0v) is 15.7. The molecule has 0 unspecified atom stereocenters. The van der Waals surface area contributed by atoms with Crippen LogP contribution in [0.3, 0.4) is 0 Å². The predicted molar refractivity (Wildman–Crippen MR) is 110 cm³/mol. The van der Waals surface area contributed by atoms with Crippen molar-refractivity contribution < 1.29 is 8.78 Å². The zero-order chi connectivity index (χ0) is 20.5. The first-order valence-electron chi connectivity index (χ1n) is 9.32. The molecule has 0 amide bonds. The summed E-state index contributed by atoms with van der Waals surface area (Å²) in [5.41, 5.74) is 4.48. The first kappa shape index (κ1) is 18.1. The molecule has 4 heterocycles. The third kappa shape index (κ3) is 3.41. The van der Waals surface area contributed by atoms with Gasteiger partial charge in [-0.25, -0.2) is 18.7 Å². The number of aromatic nitrogens is 5.